The Balaban J connectivity index is 0.00000242. The Hall–Kier alpha value is -4.20. The van der Waals surface area contributed by atoms with Crippen LogP contribution in [0.1, 0.15) is 27.8 Å². The largest absolute Gasteiger partial charge is 0.507 e. The number of aryl methyl sites for hydroxylation is 5. The lowest BCUT2D eigenvalue weighted by Crippen LogP contribution is -1.94. The van der Waals surface area contributed by atoms with Gasteiger partial charge in [-0.25, -0.2) is 0 Å². The molecule has 1 aromatic heterocycles. The third-order valence-electron chi connectivity index (χ3n) is 6.97. The van der Waals surface area contributed by atoms with Crippen molar-refractivity contribution in [3.63, 3.8) is 0 Å². The molecule has 0 fully saturated rings. The first-order valence-corrected chi connectivity index (χ1v) is 13.9. The number of ether oxygens (including phenoxy) is 3. The zero-order chi connectivity index (χ0) is 28.7. The first kappa shape index (κ1) is 32.3. The average Bonchev–Trinajstić information content (AvgIpc) is 3.08. The third-order valence-corrected chi connectivity index (χ3v) is 7.97. The van der Waals surface area contributed by atoms with Crippen LogP contribution in [0, 0.1) is 34.6 Å². The quantitative estimate of drug-likeness (QED) is 0.201. The predicted octanol–water partition coefficient (Wildman–Crippen LogP) is 7.87. The molecule has 0 amide bonds. The molecule has 0 bridgehead atoms. The molecule has 5 rings (SSSR count). The van der Waals surface area contributed by atoms with Crippen molar-refractivity contribution in [3.05, 3.63) is 76.3 Å². The van der Waals surface area contributed by atoms with E-state index in [0.29, 0.717) is 45.1 Å². The zero-order valence-electron chi connectivity index (χ0n) is 25.0. The molecule has 0 saturated heterocycles. The lowest BCUT2D eigenvalue weighted by atomic mass is 9.98. The second kappa shape index (κ2) is 12.8. The Kier molecular flexibility index (Phi) is 9.82. The van der Waals surface area contributed by atoms with Crippen LogP contribution in [0.25, 0.3) is 33.1 Å². The molecule has 1 atom stereocenters. The molecule has 3 radical (unpaired) electrons. The predicted molar refractivity (Wildman–Crippen MR) is 169 cm³/mol. The van der Waals surface area contributed by atoms with Gasteiger partial charge in [-0.05, 0) is 105 Å². The van der Waals surface area contributed by atoms with Crippen LogP contribution in [0.2, 0.25) is 0 Å². The highest BCUT2D eigenvalue weighted by molar-refractivity contribution is 7.32. The van der Waals surface area contributed by atoms with Gasteiger partial charge in [0.05, 0.1) is 21.3 Å². The summed E-state index contributed by atoms with van der Waals surface area (Å²) >= 11 is 0. The highest BCUT2D eigenvalue weighted by Crippen LogP contribution is 2.48. The van der Waals surface area contributed by atoms with Crippen LogP contribution >= 0.6 is 8.24 Å². The lowest BCUT2D eigenvalue weighted by Gasteiger charge is -2.17. The monoisotopic (exact) mass is 589 g/mol. The van der Waals surface area contributed by atoms with Crippen LogP contribution in [0.4, 0.5) is 0 Å². The van der Waals surface area contributed by atoms with E-state index in [2.05, 4.69) is 19.1 Å². The van der Waals surface area contributed by atoms with E-state index >= 15 is 0 Å². The van der Waals surface area contributed by atoms with E-state index in [1.54, 1.807) is 33.5 Å². The van der Waals surface area contributed by atoms with Gasteiger partial charge in [-0.2, -0.15) is 0 Å². The fourth-order valence-electron chi connectivity index (χ4n) is 4.98. The molecule has 5 aromatic rings. The molecule has 0 spiro atoms. The second-order valence-electron chi connectivity index (χ2n) is 9.94. The Morgan fingerprint density at radius 1 is 0.595 bits per heavy atom. The third kappa shape index (κ3) is 5.89. The van der Waals surface area contributed by atoms with Gasteiger partial charge < -0.3 is 37.7 Å². The smallest absolute Gasteiger partial charge is 0.453 e. The van der Waals surface area contributed by atoms with Crippen molar-refractivity contribution in [2.45, 2.75) is 34.6 Å². The van der Waals surface area contributed by atoms with Crippen LogP contribution in [0.15, 0.2) is 56.9 Å². The minimum Gasteiger partial charge on any atom is -0.507 e. The molecular formula is C32H35BO8P. The fraction of sp³-hybridized carbons (Fsp3) is 0.250. The molecule has 0 aliphatic rings. The number of rotatable bonds is 6. The SMILES string of the molecule is COc1cc(C)c(O)c(-c2cc(OC)cc(C)c2Op2oc3c(C)cc(C)cc3c3cc(OC)cc(C)c3o2)c1.O.[B]. The van der Waals surface area contributed by atoms with Crippen LogP contribution in [0.3, 0.4) is 0 Å². The van der Waals surface area contributed by atoms with Gasteiger partial charge in [0.2, 0.25) is 0 Å². The maximum Gasteiger partial charge on any atom is 0.453 e. The number of methoxy groups -OCH3 is 3. The second-order valence-corrected chi connectivity index (χ2v) is 10.9. The molecule has 42 heavy (non-hydrogen) atoms. The van der Waals surface area contributed by atoms with E-state index in [0.717, 1.165) is 38.8 Å². The van der Waals surface area contributed by atoms with Gasteiger partial charge in [-0.1, -0.05) is 6.07 Å². The summed E-state index contributed by atoms with van der Waals surface area (Å²) in [5, 5.41) is 12.9. The number of hydrogen-bond acceptors (Lipinski definition) is 7. The highest BCUT2D eigenvalue weighted by atomic mass is 31.1. The van der Waals surface area contributed by atoms with Gasteiger partial charge in [-0.3, -0.25) is 0 Å². The average molecular weight is 589 g/mol. The molecule has 4 aromatic carbocycles. The normalized spacial score (nSPS) is 11.0. The van der Waals surface area contributed by atoms with Gasteiger partial charge in [0.25, 0.3) is 0 Å². The van der Waals surface area contributed by atoms with E-state index < -0.39 is 8.24 Å². The van der Waals surface area contributed by atoms with Crippen LogP contribution in [-0.4, -0.2) is 40.3 Å². The number of hydrogen-bond donors (Lipinski definition) is 1. The van der Waals surface area contributed by atoms with Crippen LogP contribution in [-0.2, 0) is 0 Å². The van der Waals surface area contributed by atoms with Crippen molar-refractivity contribution in [3.8, 4) is 39.9 Å². The summed E-state index contributed by atoms with van der Waals surface area (Å²) < 4.78 is 36.3. The van der Waals surface area contributed by atoms with Crippen LogP contribution in [0.5, 0.6) is 28.7 Å². The molecule has 1 unspecified atom stereocenters. The molecule has 0 saturated carbocycles. The minimum absolute atomic E-state index is 0. The van der Waals surface area contributed by atoms with E-state index in [-0.39, 0.29) is 19.6 Å². The summed E-state index contributed by atoms with van der Waals surface area (Å²) in [6, 6.07) is 15.3. The van der Waals surface area contributed by atoms with Gasteiger partial charge in [-0.15, -0.1) is 0 Å². The molecule has 1 heterocycles. The van der Waals surface area contributed by atoms with Gasteiger partial charge in [0, 0.05) is 30.3 Å². The molecule has 0 aliphatic heterocycles. The standard InChI is InChI=1S/C32H33O7P.B.H2O/c1-17-9-19(3)30-26(10-17)28-16-24(36-8)13-21(5)32(28)39-40(37-30)38-31-20(4)12-23(35-7)15-27(31)25-14-22(34-6)11-18(2)29(25)33;;/h9-16,33H,1-8H3;;1H2. The summed E-state index contributed by atoms with van der Waals surface area (Å²) in [7, 11) is 2.88. The van der Waals surface area contributed by atoms with E-state index in [9.17, 15) is 5.11 Å². The number of phenols is 1. The molecule has 8 nitrogen and oxygen atoms in total. The molecule has 10 heteroatoms. The van der Waals surface area contributed by atoms with Crippen molar-refractivity contribution < 1.29 is 37.7 Å². The topological polar surface area (TPSA) is 115 Å². The first-order valence-electron chi connectivity index (χ1n) is 12.8. The Bertz CT molecular complexity index is 1810. The van der Waals surface area contributed by atoms with Crippen molar-refractivity contribution in [2.75, 3.05) is 21.3 Å². The maximum absolute atomic E-state index is 11.1. The fourth-order valence-corrected chi connectivity index (χ4v) is 6.27. The Morgan fingerprint density at radius 3 is 1.67 bits per heavy atom. The van der Waals surface area contributed by atoms with Gasteiger partial charge in [0.15, 0.2) is 0 Å². The zero-order valence-corrected chi connectivity index (χ0v) is 25.9. The van der Waals surface area contributed by atoms with E-state index in [1.807, 2.05) is 52.0 Å². The van der Waals surface area contributed by atoms with Gasteiger partial charge in [0.1, 0.15) is 39.9 Å². The van der Waals surface area contributed by atoms with Crippen molar-refractivity contribution in [1.29, 1.82) is 0 Å². The van der Waals surface area contributed by atoms with Crippen molar-refractivity contribution in [2.24, 2.45) is 0 Å². The first-order chi connectivity index (χ1) is 19.1. The minimum atomic E-state index is -1.96. The summed E-state index contributed by atoms with van der Waals surface area (Å²) in [6.45, 7) is 9.79. The van der Waals surface area contributed by atoms with E-state index in [1.165, 1.54) is 0 Å². The van der Waals surface area contributed by atoms with Crippen molar-refractivity contribution in [1.82, 2.24) is 0 Å². The maximum atomic E-state index is 11.1. The summed E-state index contributed by atoms with van der Waals surface area (Å²) in [6.07, 6.45) is 0. The summed E-state index contributed by atoms with van der Waals surface area (Å²) in [4.78, 5) is 0. The Morgan fingerprint density at radius 2 is 1.07 bits per heavy atom. The Labute approximate surface area is 248 Å². The number of benzene rings is 4. The molecule has 219 valence electrons. The van der Waals surface area contributed by atoms with Crippen LogP contribution < -0.4 is 18.7 Å². The highest BCUT2D eigenvalue weighted by Gasteiger charge is 2.21. The molecule has 0 aliphatic carbocycles. The van der Waals surface area contributed by atoms with Gasteiger partial charge >= 0.3 is 8.24 Å². The molecule has 3 N–H and O–H groups in total. The summed E-state index contributed by atoms with van der Waals surface area (Å²) in [5.41, 5.74) is 6.97. The van der Waals surface area contributed by atoms with E-state index in [4.69, 9.17) is 27.1 Å². The summed E-state index contributed by atoms with van der Waals surface area (Å²) in [5.74, 6) is 2.60. The molecular weight excluding hydrogens is 554 g/mol. The number of fused-ring (bicyclic) bond motifs is 3. The number of aromatic hydroxyl groups is 1. The lowest BCUT2D eigenvalue weighted by molar-refractivity contribution is 0.411. The van der Waals surface area contributed by atoms with Crippen molar-refractivity contribution >= 4 is 38.6 Å². The number of phenolic OH excluding ortho intramolecular Hbond substituents is 1.